The van der Waals surface area contributed by atoms with Gasteiger partial charge in [-0.05, 0) is 43.7 Å². The molecule has 4 N–H and O–H groups in total. The van der Waals surface area contributed by atoms with Crippen molar-refractivity contribution >= 4 is 23.5 Å². The molecular formula is C25H25N5O5. The second-order valence-electron chi connectivity index (χ2n) is 7.71. The maximum Gasteiger partial charge on any atom is 0.348 e. The van der Waals surface area contributed by atoms with Gasteiger partial charge in [0.15, 0.2) is 0 Å². The van der Waals surface area contributed by atoms with Crippen molar-refractivity contribution in [3.63, 3.8) is 0 Å². The minimum Gasteiger partial charge on any atom is -0.497 e. The number of aromatic amines is 1. The number of carbonyl (C=O) groups excluding carboxylic acids is 2. The van der Waals surface area contributed by atoms with Crippen LogP contribution in [0.15, 0.2) is 70.7 Å². The van der Waals surface area contributed by atoms with Gasteiger partial charge in [0.25, 0.3) is 5.91 Å². The largest absolute Gasteiger partial charge is 0.497 e. The van der Waals surface area contributed by atoms with Crippen LogP contribution in [0.5, 0.6) is 5.75 Å². The second kappa shape index (κ2) is 10.1. The van der Waals surface area contributed by atoms with E-state index in [1.165, 1.54) is 7.11 Å². The molecule has 3 aromatic rings. The highest BCUT2D eigenvalue weighted by atomic mass is 16.5. The number of allylic oxidation sites excluding steroid dienone is 1. The van der Waals surface area contributed by atoms with Gasteiger partial charge in [-0.1, -0.05) is 30.3 Å². The quantitative estimate of drug-likeness (QED) is 0.303. The zero-order chi connectivity index (χ0) is 24.9. The van der Waals surface area contributed by atoms with E-state index < -0.39 is 23.5 Å². The van der Waals surface area contributed by atoms with E-state index in [9.17, 15) is 14.4 Å². The molecule has 0 saturated carbocycles. The van der Waals surface area contributed by atoms with Crippen molar-refractivity contribution in [3.05, 3.63) is 93.0 Å². The number of carbonyl (C=O) groups is 2. The normalized spacial score (nSPS) is 14.4. The zero-order valence-corrected chi connectivity index (χ0v) is 19.5. The molecule has 1 aliphatic heterocycles. The Morgan fingerprint density at radius 1 is 1.09 bits per heavy atom. The number of H-pyrrole nitrogens is 1. The van der Waals surface area contributed by atoms with Crippen molar-refractivity contribution in [3.8, 4) is 5.75 Å². The Balaban J connectivity index is 1.75. The van der Waals surface area contributed by atoms with Gasteiger partial charge in [0, 0.05) is 16.8 Å². The Morgan fingerprint density at radius 3 is 2.46 bits per heavy atom. The van der Waals surface area contributed by atoms with Gasteiger partial charge in [0.2, 0.25) is 0 Å². The summed E-state index contributed by atoms with van der Waals surface area (Å²) in [5, 5.41) is 3.04. The number of esters is 1. The van der Waals surface area contributed by atoms with Gasteiger partial charge in [0.05, 0.1) is 25.2 Å². The second-order valence-corrected chi connectivity index (χ2v) is 7.71. The molecule has 1 atom stereocenters. The van der Waals surface area contributed by atoms with Crippen LogP contribution in [0.3, 0.4) is 0 Å². The molecule has 1 amide bonds. The van der Waals surface area contributed by atoms with Crippen LogP contribution in [-0.4, -0.2) is 35.6 Å². The van der Waals surface area contributed by atoms with E-state index in [0.717, 1.165) is 5.56 Å². The molecule has 35 heavy (non-hydrogen) atoms. The maximum absolute atomic E-state index is 13.0. The number of hydrogen-bond acceptors (Lipinski definition) is 8. The highest BCUT2D eigenvalue weighted by Crippen LogP contribution is 2.43. The summed E-state index contributed by atoms with van der Waals surface area (Å²) in [6.45, 7) is 3.67. The standard InChI is InChI=1S/C25H25N5O5/c1-4-35-24(32)18-14(2)26-21-20(19(18)15-8-6-5-7-9-15)22(28-25(33)27-21)29-30-23(31)16-10-12-17(34-3)13-11-16/h5-13,19H,4H2,1-3H3,(H,30,31)(H3,26,27,28,29,33)/t19-/m1/s1. The van der Waals surface area contributed by atoms with Gasteiger partial charge in [0.1, 0.15) is 17.4 Å². The SMILES string of the molecule is CCOC(=O)C1=C(C)Nc2nc(=O)[nH]c(NNC(=O)c3ccc(OC)cc3)c2[C@@H]1c1ccccc1. The van der Waals surface area contributed by atoms with Gasteiger partial charge in [-0.3, -0.25) is 20.6 Å². The molecule has 10 nitrogen and oxygen atoms in total. The number of rotatable bonds is 7. The molecule has 0 unspecified atom stereocenters. The van der Waals surface area contributed by atoms with Crippen LogP contribution in [0, 0.1) is 0 Å². The third kappa shape index (κ3) is 4.86. The van der Waals surface area contributed by atoms with Crippen LogP contribution in [-0.2, 0) is 9.53 Å². The van der Waals surface area contributed by atoms with Gasteiger partial charge in [-0.2, -0.15) is 4.98 Å². The van der Waals surface area contributed by atoms with Crippen LogP contribution >= 0.6 is 0 Å². The Bertz CT molecular complexity index is 1330. The molecule has 1 aliphatic rings. The summed E-state index contributed by atoms with van der Waals surface area (Å²) < 4.78 is 10.4. The first-order chi connectivity index (χ1) is 16.9. The third-order valence-corrected chi connectivity index (χ3v) is 5.54. The predicted molar refractivity (Wildman–Crippen MR) is 130 cm³/mol. The first-order valence-corrected chi connectivity index (χ1v) is 11.0. The summed E-state index contributed by atoms with van der Waals surface area (Å²) >= 11 is 0. The molecule has 0 bridgehead atoms. The fourth-order valence-electron chi connectivity index (χ4n) is 3.96. The number of nitrogens with zero attached hydrogens (tertiary/aromatic N) is 1. The number of anilines is 2. The minimum atomic E-state index is -0.628. The average Bonchev–Trinajstić information content (AvgIpc) is 2.86. The van der Waals surface area contributed by atoms with Crippen molar-refractivity contribution < 1.29 is 19.1 Å². The van der Waals surface area contributed by atoms with E-state index in [0.29, 0.717) is 28.1 Å². The summed E-state index contributed by atoms with van der Waals surface area (Å²) in [5.74, 6) is -0.455. The summed E-state index contributed by atoms with van der Waals surface area (Å²) in [6.07, 6.45) is 0. The lowest BCUT2D eigenvalue weighted by molar-refractivity contribution is -0.138. The number of fused-ring (bicyclic) bond motifs is 1. The molecule has 0 radical (unpaired) electrons. The van der Waals surface area contributed by atoms with Crippen LogP contribution < -0.4 is 26.6 Å². The Labute approximate surface area is 201 Å². The number of methoxy groups -OCH3 is 1. The lowest BCUT2D eigenvalue weighted by Gasteiger charge is -2.30. The molecule has 0 saturated heterocycles. The summed E-state index contributed by atoms with van der Waals surface area (Å²) in [5.41, 5.74) is 7.33. The number of amides is 1. The molecular weight excluding hydrogens is 450 g/mol. The monoisotopic (exact) mass is 475 g/mol. The fraction of sp³-hybridized carbons (Fsp3) is 0.200. The van der Waals surface area contributed by atoms with Crippen LogP contribution in [0.2, 0.25) is 0 Å². The average molecular weight is 476 g/mol. The first-order valence-electron chi connectivity index (χ1n) is 11.0. The molecule has 180 valence electrons. The van der Waals surface area contributed by atoms with Gasteiger partial charge in [-0.25, -0.2) is 9.59 Å². The fourth-order valence-corrected chi connectivity index (χ4v) is 3.96. The van der Waals surface area contributed by atoms with E-state index in [2.05, 4.69) is 26.1 Å². The van der Waals surface area contributed by atoms with Gasteiger partial charge in [-0.15, -0.1) is 0 Å². The zero-order valence-electron chi connectivity index (χ0n) is 19.5. The third-order valence-electron chi connectivity index (χ3n) is 5.54. The van der Waals surface area contributed by atoms with Gasteiger partial charge >= 0.3 is 11.7 Å². The molecule has 4 rings (SSSR count). The summed E-state index contributed by atoms with van der Waals surface area (Å²) in [6, 6.07) is 15.9. The van der Waals surface area contributed by atoms with Gasteiger partial charge < -0.3 is 14.8 Å². The van der Waals surface area contributed by atoms with Crippen molar-refractivity contribution in [2.24, 2.45) is 0 Å². The molecule has 1 aromatic heterocycles. The highest BCUT2D eigenvalue weighted by molar-refractivity contribution is 5.96. The van der Waals surface area contributed by atoms with Crippen LogP contribution in [0.4, 0.5) is 11.6 Å². The number of nitrogens with one attached hydrogen (secondary N) is 4. The highest BCUT2D eigenvalue weighted by Gasteiger charge is 2.36. The van der Waals surface area contributed by atoms with Crippen molar-refractivity contribution in [2.75, 3.05) is 24.5 Å². The van der Waals surface area contributed by atoms with Crippen LogP contribution in [0.1, 0.15) is 41.3 Å². The molecule has 2 aromatic carbocycles. The molecule has 0 aliphatic carbocycles. The summed E-state index contributed by atoms with van der Waals surface area (Å²) in [4.78, 5) is 44.7. The smallest absolute Gasteiger partial charge is 0.348 e. The Kier molecular flexibility index (Phi) is 6.81. The van der Waals surface area contributed by atoms with E-state index >= 15 is 0 Å². The number of hydrazine groups is 1. The molecule has 0 spiro atoms. The number of aromatic nitrogens is 2. The van der Waals surface area contributed by atoms with E-state index in [1.54, 1.807) is 38.1 Å². The lowest BCUT2D eigenvalue weighted by atomic mass is 9.82. The molecule has 10 heteroatoms. The first kappa shape index (κ1) is 23.6. The van der Waals surface area contributed by atoms with Crippen molar-refractivity contribution in [1.82, 2.24) is 15.4 Å². The van der Waals surface area contributed by atoms with Crippen molar-refractivity contribution in [1.29, 1.82) is 0 Å². The predicted octanol–water partition coefficient (Wildman–Crippen LogP) is 2.93. The van der Waals surface area contributed by atoms with Crippen LogP contribution in [0.25, 0.3) is 0 Å². The topological polar surface area (TPSA) is 134 Å². The summed E-state index contributed by atoms with van der Waals surface area (Å²) in [7, 11) is 1.54. The molecule has 0 fully saturated rings. The Hall–Kier alpha value is -4.60. The molecule has 2 heterocycles. The number of hydrogen-bond donors (Lipinski definition) is 4. The Morgan fingerprint density at radius 2 is 1.80 bits per heavy atom. The number of benzene rings is 2. The van der Waals surface area contributed by atoms with Crippen molar-refractivity contribution in [2.45, 2.75) is 19.8 Å². The van der Waals surface area contributed by atoms with E-state index in [-0.39, 0.29) is 18.2 Å². The minimum absolute atomic E-state index is 0.192. The maximum atomic E-state index is 13.0. The van der Waals surface area contributed by atoms with E-state index in [1.807, 2.05) is 30.3 Å². The number of ether oxygens (including phenoxy) is 2. The lowest BCUT2D eigenvalue weighted by Crippen LogP contribution is -2.34. The van der Waals surface area contributed by atoms with E-state index in [4.69, 9.17) is 9.47 Å².